The number of hydrogen-bond donors (Lipinski definition) is 2. The zero-order chi connectivity index (χ0) is 21.2. The summed E-state index contributed by atoms with van der Waals surface area (Å²) in [6, 6.07) is 11.5. The van der Waals surface area contributed by atoms with Crippen LogP contribution >= 0.6 is 0 Å². The minimum absolute atomic E-state index is 0.0958. The number of Topliss-reactive ketones (excluding diaryl/α,β-unsaturated/α-hetero) is 1. The van der Waals surface area contributed by atoms with Gasteiger partial charge >= 0.3 is 0 Å². The first-order valence-corrected chi connectivity index (χ1v) is 9.81. The van der Waals surface area contributed by atoms with E-state index in [9.17, 15) is 4.79 Å². The molecule has 0 aliphatic heterocycles. The van der Waals surface area contributed by atoms with Gasteiger partial charge in [0.1, 0.15) is 18.1 Å². The first kappa shape index (κ1) is 21.0. The van der Waals surface area contributed by atoms with Crippen molar-refractivity contribution in [1.29, 1.82) is 0 Å². The van der Waals surface area contributed by atoms with E-state index in [4.69, 9.17) is 10.5 Å². The van der Waals surface area contributed by atoms with Crippen LogP contribution in [-0.4, -0.2) is 27.3 Å². The number of benzene rings is 1. The van der Waals surface area contributed by atoms with Gasteiger partial charge in [0.05, 0.1) is 18.1 Å². The highest BCUT2D eigenvalue weighted by molar-refractivity contribution is 5.95. The number of allylic oxidation sites excluding steroid dienone is 1. The van der Waals surface area contributed by atoms with Crippen LogP contribution in [0.5, 0.6) is 5.88 Å². The fourth-order valence-corrected chi connectivity index (χ4v) is 2.79. The molecule has 0 bridgehead atoms. The molecule has 3 aromatic rings. The van der Waals surface area contributed by atoms with Crippen molar-refractivity contribution in [2.45, 2.75) is 26.3 Å². The van der Waals surface area contributed by atoms with E-state index in [1.54, 1.807) is 6.20 Å². The average molecular weight is 403 g/mol. The zero-order valence-electron chi connectivity index (χ0n) is 16.9. The Balaban J connectivity index is 1.56. The lowest BCUT2D eigenvalue weighted by atomic mass is 10.0. The highest BCUT2D eigenvalue weighted by atomic mass is 16.5. The third-order valence-electron chi connectivity index (χ3n) is 4.32. The van der Waals surface area contributed by atoms with E-state index in [1.807, 2.05) is 48.6 Å². The second-order valence-corrected chi connectivity index (χ2v) is 6.64. The highest BCUT2D eigenvalue weighted by Gasteiger charge is 2.10. The lowest BCUT2D eigenvalue weighted by Crippen LogP contribution is -2.08. The van der Waals surface area contributed by atoms with Gasteiger partial charge in [-0.1, -0.05) is 43.3 Å². The van der Waals surface area contributed by atoms with Crippen LogP contribution in [-0.2, 0) is 13.0 Å². The molecule has 2 heterocycles. The smallest absolute Gasteiger partial charge is 0.232 e. The van der Waals surface area contributed by atoms with Gasteiger partial charge < -0.3 is 15.8 Å². The predicted molar refractivity (Wildman–Crippen MR) is 117 cm³/mol. The summed E-state index contributed by atoms with van der Waals surface area (Å²) in [4.78, 5) is 25.0. The summed E-state index contributed by atoms with van der Waals surface area (Å²) in [6.07, 6.45) is 9.72. The molecule has 0 unspecified atom stereocenters. The monoisotopic (exact) mass is 403 g/mol. The summed E-state index contributed by atoms with van der Waals surface area (Å²) in [5.41, 5.74) is 8.90. The van der Waals surface area contributed by atoms with Crippen molar-refractivity contribution >= 4 is 17.3 Å². The molecule has 0 aliphatic rings. The lowest BCUT2D eigenvalue weighted by Gasteiger charge is -2.09. The number of carbonyl (C=O) groups is 1. The van der Waals surface area contributed by atoms with Crippen molar-refractivity contribution in [1.82, 2.24) is 15.0 Å². The molecule has 7 heteroatoms. The summed E-state index contributed by atoms with van der Waals surface area (Å²) < 4.78 is 5.46. The molecule has 2 aromatic heterocycles. The Kier molecular flexibility index (Phi) is 7.49. The first-order valence-electron chi connectivity index (χ1n) is 9.81. The maximum atomic E-state index is 12.6. The van der Waals surface area contributed by atoms with E-state index in [0.717, 1.165) is 23.2 Å². The molecule has 0 amide bonds. The SMILES string of the molecule is CC/C=C\COc1cnc(C(=O)Cc2cccc(CNc3cccnc3N)c2)cn1. The Hall–Kier alpha value is -3.74. The normalized spacial score (nSPS) is 10.8. The van der Waals surface area contributed by atoms with Crippen molar-refractivity contribution < 1.29 is 9.53 Å². The van der Waals surface area contributed by atoms with Gasteiger partial charge in [0.15, 0.2) is 5.78 Å². The van der Waals surface area contributed by atoms with Gasteiger partial charge in [-0.25, -0.2) is 15.0 Å². The van der Waals surface area contributed by atoms with Gasteiger partial charge in [0.2, 0.25) is 5.88 Å². The molecule has 3 N–H and O–H groups in total. The number of nitrogens with zero attached hydrogens (tertiary/aromatic N) is 3. The number of ketones is 1. The number of carbonyl (C=O) groups excluding carboxylic acids is 1. The highest BCUT2D eigenvalue weighted by Crippen LogP contribution is 2.16. The number of nitrogens with two attached hydrogens (primary N) is 1. The van der Waals surface area contributed by atoms with Gasteiger partial charge in [0.25, 0.3) is 0 Å². The Morgan fingerprint density at radius 1 is 1.10 bits per heavy atom. The second-order valence-electron chi connectivity index (χ2n) is 6.64. The molecule has 0 spiro atoms. The summed E-state index contributed by atoms with van der Waals surface area (Å²) in [5.74, 6) is 0.757. The van der Waals surface area contributed by atoms with Crippen molar-refractivity contribution in [3.63, 3.8) is 0 Å². The number of pyridine rings is 1. The van der Waals surface area contributed by atoms with Gasteiger partial charge in [0, 0.05) is 19.2 Å². The molecule has 0 fully saturated rings. The van der Waals surface area contributed by atoms with Gasteiger partial charge in [-0.2, -0.15) is 0 Å². The lowest BCUT2D eigenvalue weighted by molar-refractivity contribution is 0.0987. The standard InChI is InChI=1S/C23H25N5O2/c1-2-3-4-11-30-22-16-27-20(15-28-22)21(29)13-17-7-5-8-18(12-17)14-26-19-9-6-10-25-23(19)24/h3-10,12,15-16,26H,2,11,13-14H2,1H3,(H2,24,25)/b4-3-. The van der Waals surface area contributed by atoms with Crippen LogP contribution in [0.15, 0.2) is 67.1 Å². The largest absolute Gasteiger partial charge is 0.472 e. The number of ether oxygens (including phenoxy) is 1. The number of aromatic nitrogens is 3. The third-order valence-corrected chi connectivity index (χ3v) is 4.32. The Bertz CT molecular complexity index is 1000. The number of nitrogen functional groups attached to an aromatic ring is 1. The minimum atomic E-state index is -0.0958. The third kappa shape index (κ3) is 6.13. The van der Waals surface area contributed by atoms with Crippen molar-refractivity contribution in [2.75, 3.05) is 17.7 Å². The molecule has 0 saturated carbocycles. The second kappa shape index (κ2) is 10.7. The number of rotatable bonds is 10. The number of hydrogen-bond acceptors (Lipinski definition) is 7. The van der Waals surface area contributed by atoms with E-state index in [1.165, 1.54) is 12.4 Å². The Labute approximate surface area is 176 Å². The van der Waals surface area contributed by atoms with Crippen LogP contribution in [0, 0.1) is 0 Å². The van der Waals surface area contributed by atoms with Gasteiger partial charge in [-0.3, -0.25) is 4.79 Å². The maximum absolute atomic E-state index is 12.6. The number of anilines is 2. The molecule has 30 heavy (non-hydrogen) atoms. The molecule has 0 saturated heterocycles. The van der Waals surface area contributed by atoms with Gasteiger partial charge in [-0.15, -0.1) is 0 Å². The Morgan fingerprint density at radius 2 is 1.97 bits per heavy atom. The number of nitrogens with one attached hydrogen (secondary N) is 1. The van der Waals surface area contributed by atoms with Crippen LogP contribution in [0.2, 0.25) is 0 Å². The van der Waals surface area contributed by atoms with E-state index in [2.05, 4.69) is 27.2 Å². The molecular weight excluding hydrogens is 378 g/mol. The summed E-state index contributed by atoms with van der Waals surface area (Å²) in [7, 11) is 0. The summed E-state index contributed by atoms with van der Waals surface area (Å²) in [5, 5.41) is 3.26. The summed E-state index contributed by atoms with van der Waals surface area (Å²) >= 11 is 0. The van der Waals surface area contributed by atoms with E-state index < -0.39 is 0 Å². The van der Waals surface area contributed by atoms with Crippen molar-refractivity contribution in [3.05, 3.63) is 84.0 Å². The van der Waals surface area contributed by atoms with Crippen LogP contribution in [0.1, 0.15) is 35.0 Å². The van der Waals surface area contributed by atoms with E-state index >= 15 is 0 Å². The van der Waals surface area contributed by atoms with Crippen molar-refractivity contribution in [3.8, 4) is 5.88 Å². The average Bonchev–Trinajstić information content (AvgIpc) is 2.77. The molecular formula is C23H25N5O2. The quantitative estimate of drug-likeness (QED) is 0.392. The molecule has 0 aliphatic carbocycles. The van der Waals surface area contributed by atoms with Crippen LogP contribution in [0.25, 0.3) is 0 Å². The summed E-state index contributed by atoms with van der Waals surface area (Å²) in [6.45, 7) is 3.07. The van der Waals surface area contributed by atoms with Crippen LogP contribution in [0.3, 0.4) is 0 Å². The van der Waals surface area contributed by atoms with Crippen molar-refractivity contribution in [2.24, 2.45) is 0 Å². The van der Waals surface area contributed by atoms with E-state index in [-0.39, 0.29) is 12.2 Å². The molecule has 7 nitrogen and oxygen atoms in total. The first-order chi connectivity index (χ1) is 14.7. The fraction of sp³-hybridized carbons (Fsp3) is 0.217. The molecule has 1 aromatic carbocycles. The maximum Gasteiger partial charge on any atom is 0.232 e. The Morgan fingerprint density at radius 3 is 2.73 bits per heavy atom. The van der Waals surface area contributed by atoms with E-state index in [0.29, 0.717) is 30.5 Å². The van der Waals surface area contributed by atoms with Crippen LogP contribution < -0.4 is 15.8 Å². The molecule has 154 valence electrons. The minimum Gasteiger partial charge on any atom is -0.472 e. The molecule has 0 radical (unpaired) electrons. The van der Waals surface area contributed by atoms with Gasteiger partial charge in [-0.05, 0) is 29.7 Å². The predicted octanol–water partition coefficient (Wildman–Crippen LogP) is 3.84. The van der Waals surface area contributed by atoms with Crippen LogP contribution in [0.4, 0.5) is 11.5 Å². The molecule has 3 rings (SSSR count). The molecule has 0 atom stereocenters. The zero-order valence-corrected chi connectivity index (χ0v) is 16.9. The fourth-order valence-electron chi connectivity index (χ4n) is 2.79. The topological polar surface area (TPSA) is 103 Å².